The highest BCUT2D eigenvalue weighted by Gasteiger charge is 2.27. The Kier molecular flexibility index (Phi) is 3.42. The number of aliphatic hydroxyl groups is 1. The van der Waals surface area contributed by atoms with Crippen molar-refractivity contribution in [1.82, 2.24) is 10.6 Å². The summed E-state index contributed by atoms with van der Waals surface area (Å²) in [5, 5.41) is 16.2. The van der Waals surface area contributed by atoms with Gasteiger partial charge in [-0.3, -0.25) is 0 Å². The maximum atomic E-state index is 9.13. The van der Waals surface area contributed by atoms with E-state index in [4.69, 9.17) is 5.11 Å². The lowest BCUT2D eigenvalue weighted by Crippen LogP contribution is -2.43. The summed E-state index contributed by atoms with van der Waals surface area (Å²) >= 11 is 0. The largest absolute Gasteiger partial charge is 0.393 e. The van der Waals surface area contributed by atoms with E-state index in [2.05, 4.69) is 17.6 Å². The minimum Gasteiger partial charge on any atom is -0.393 e. The molecule has 0 spiro atoms. The van der Waals surface area contributed by atoms with E-state index in [1.54, 1.807) is 0 Å². The molecule has 0 aliphatic heterocycles. The zero-order chi connectivity index (χ0) is 9.97. The van der Waals surface area contributed by atoms with Gasteiger partial charge in [0.25, 0.3) is 0 Å². The first-order valence-corrected chi connectivity index (χ1v) is 5.89. The Balaban J connectivity index is 1.47. The van der Waals surface area contributed by atoms with E-state index in [-0.39, 0.29) is 6.10 Å². The van der Waals surface area contributed by atoms with Crippen LogP contribution >= 0.6 is 0 Å². The molecule has 0 heterocycles. The molecule has 0 aromatic rings. The first-order chi connectivity index (χ1) is 6.74. The Morgan fingerprint density at radius 1 is 1.36 bits per heavy atom. The van der Waals surface area contributed by atoms with Crippen molar-refractivity contribution in [3.05, 3.63) is 0 Å². The Morgan fingerprint density at radius 3 is 2.64 bits per heavy atom. The zero-order valence-electron chi connectivity index (χ0n) is 9.00. The monoisotopic (exact) mass is 198 g/mol. The lowest BCUT2D eigenvalue weighted by molar-refractivity contribution is 0.0421. The van der Waals surface area contributed by atoms with Gasteiger partial charge in [-0.25, -0.2) is 0 Å². The fraction of sp³-hybridized carbons (Fsp3) is 1.00. The molecular weight excluding hydrogens is 176 g/mol. The molecule has 82 valence electrons. The Morgan fingerprint density at radius 2 is 2.07 bits per heavy atom. The number of hydrogen-bond donors (Lipinski definition) is 3. The van der Waals surface area contributed by atoms with Crippen molar-refractivity contribution in [2.24, 2.45) is 5.92 Å². The minimum atomic E-state index is -0.0123. The van der Waals surface area contributed by atoms with Crippen LogP contribution in [0.3, 0.4) is 0 Å². The average Bonchev–Trinajstić information content (AvgIpc) is 2.90. The van der Waals surface area contributed by atoms with E-state index in [1.807, 2.05) is 0 Å². The van der Waals surface area contributed by atoms with Gasteiger partial charge < -0.3 is 15.7 Å². The molecule has 0 saturated heterocycles. The first kappa shape index (κ1) is 10.4. The van der Waals surface area contributed by atoms with Gasteiger partial charge in [0.2, 0.25) is 0 Å². The van der Waals surface area contributed by atoms with E-state index < -0.39 is 0 Å². The first-order valence-electron chi connectivity index (χ1n) is 5.89. The second-order valence-electron chi connectivity index (χ2n) is 4.98. The Labute approximate surface area is 86.3 Å². The molecule has 2 fully saturated rings. The van der Waals surface area contributed by atoms with Crippen molar-refractivity contribution in [3.63, 3.8) is 0 Å². The number of nitrogens with one attached hydrogen (secondary N) is 2. The summed E-state index contributed by atoms with van der Waals surface area (Å²) in [6.07, 6.45) is 4.70. The third-order valence-corrected chi connectivity index (χ3v) is 3.26. The van der Waals surface area contributed by atoms with Gasteiger partial charge in [0.05, 0.1) is 6.10 Å². The smallest absolute Gasteiger partial charge is 0.0546 e. The fourth-order valence-electron chi connectivity index (χ4n) is 1.94. The van der Waals surface area contributed by atoms with Crippen molar-refractivity contribution in [1.29, 1.82) is 0 Å². The summed E-state index contributed by atoms with van der Waals surface area (Å²) in [5.74, 6) is 0.716. The molecule has 0 aromatic heterocycles. The standard InChI is InChI=1S/C11H22N2O/c1-8(6-13-10-2-3-10)12-7-9-4-11(14)5-9/h8-14H,2-7H2,1H3. The molecular formula is C11H22N2O. The van der Waals surface area contributed by atoms with Gasteiger partial charge >= 0.3 is 0 Å². The van der Waals surface area contributed by atoms with Crippen LogP contribution in [-0.2, 0) is 0 Å². The normalized spacial score (nSPS) is 33.9. The van der Waals surface area contributed by atoms with E-state index in [1.165, 1.54) is 12.8 Å². The average molecular weight is 198 g/mol. The molecule has 1 atom stereocenters. The summed E-state index contributed by atoms with van der Waals surface area (Å²) in [4.78, 5) is 0. The number of hydrogen-bond acceptors (Lipinski definition) is 3. The van der Waals surface area contributed by atoms with Crippen LogP contribution in [-0.4, -0.2) is 36.4 Å². The Hall–Kier alpha value is -0.120. The molecule has 0 bridgehead atoms. The molecule has 2 aliphatic carbocycles. The fourth-order valence-corrected chi connectivity index (χ4v) is 1.94. The predicted octanol–water partition coefficient (Wildman–Crippen LogP) is 0.487. The van der Waals surface area contributed by atoms with Gasteiger partial charge in [-0.1, -0.05) is 0 Å². The SMILES string of the molecule is CC(CNC1CC1)NCC1CC(O)C1. The van der Waals surface area contributed by atoms with Crippen molar-refractivity contribution in [3.8, 4) is 0 Å². The third kappa shape index (κ3) is 3.23. The lowest BCUT2D eigenvalue weighted by Gasteiger charge is -2.32. The number of aliphatic hydroxyl groups excluding tert-OH is 1. The molecule has 3 N–H and O–H groups in total. The predicted molar refractivity (Wildman–Crippen MR) is 57.2 cm³/mol. The molecule has 14 heavy (non-hydrogen) atoms. The van der Waals surface area contributed by atoms with Crippen LogP contribution in [0.15, 0.2) is 0 Å². The Bertz CT molecular complexity index is 176. The minimum absolute atomic E-state index is 0.0123. The van der Waals surface area contributed by atoms with E-state index in [0.29, 0.717) is 12.0 Å². The quantitative estimate of drug-likeness (QED) is 0.582. The molecule has 1 unspecified atom stereocenters. The van der Waals surface area contributed by atoms with Crippen molar-refractivity contribution >= 4 is 0 Å². The summed E-state index contributed by atoms with van der Waals surface area (Å²) in [6.45, 7) is 4.38. The highest BCUT2D eigenvalue weighted by atomic mass is 16.3. The van der Waals surface area contributed by atoms with Crippen molar-refractivity contribution in [2.75, 3.05) is 13.1 Å². The van der Waals surface area contributed by atoms with Crippen LogP contribution < -0.4 is 10.6 Å². The van der Waals surface area contributed by atoms with Gasteiger partial charge in [0, 0.05) is 18.6 Å². The van der Waals surface area contributed by atoms with Crippen LogP contribution in [0.25, 0.3) is 0 Å². The van der Waals surface area contributed by atoms with Crippen LogP contribution in [0.2, 0.25) is 0 Å². The van der Waals surface area contributed by atoms with E-state index in [9.17, 15) is 0 Å². The third-order valence-electron chi connectivity index (χ3n) is 3.26. The molecule has 2 saturated carbocycles. The van der Waals surface area contributed by atoms with E-state index >= 15 is 0 Å². The highest BCUT2D eigenvalue weighted by molar-refractivity contribution is 4.84. The second kappa shape index (κ2) is 4.60. The van der Waals surface area contributed by atoms with Crippen molar-refractivity contribution in [2.45, 2.75) is 50.8 Å². The van der Waals surface area contributed by atoms with Gasteiger partial charge in [-0.15, -0.1) is 0 Å². The summed E-state index contributed by atoms with van der Waals surface area (Å²) < 4.78 is 0. The molecule has 0 aromatic carbocycles. The zero-order valence-corrected chi connectivity index (χ0v) is 9.00. The second-order valence-corrected chi connectivity index (χ2v) is 4.98. The van der Waals surface area contributed by atoms with Gasteiger partial charge in [-0.05, 0) is 45.1 Å². The molecule has 3 nitrogen and oxygen atoms in total. The van der Waals surface area contributed by atoms with E-state index in [0.717, 1.165) is 32.0 Å². The van der Waals surface area contributed by atoms with Gasteiger partial charge in [-0.2, -0.15) is 0 Å². The van der Waals surface area contributed by atoms with Gasteiger partial charge in [0.15, 0.2) is 0 Å². The summed E-state index contributed by atoms with van der Waals surface area (Å²) in [6, 6.07) is 1.37. The molecule has 0 amide bonds. The molecule has 2 rings (SSSR count). The van der Waals surface area contributed by atoms with Crippen LogP contribution in [0, 0.1) is 5.92 Å². The van der Waals surface area contributed by atoms with Crippen LogP contribution in [0.4, 0.5) is 0 Å². The molecule has 2 aliphatic rings. The summed E-state index contributed by atoms with van der Waals surface area (Å²) in [7, 11) is 0. The maximum absolute atomic E-state index is 9.13. The molecule has 3 heteroatoms. The van der Waals surface area contributed by atoms with Crippen molar-refractivity contribution < 1.29 is 5.11 Å². The molecule has 0 radical (unpaired) electrons. The van der Waals surface area contributed by atoms with Crippen LogP contribution in [0.5, 0.6) is 0 Å². The maximum Gasteiger partial charge on any atom is 0.0546 e. The topological polar surface area (TPSA) is 44.3 Å². The van der Waals surface area contributed by atoms with Crippen LogP contribution in [0.1, 0.15) is 32.6 Å². The number of rotatable bonds is 6. The lowest BCUT2D eigenvalue weighted by atomic mass is 9.82. The van der Waals surface area contributed by atoms with Gasteiger partial charge in [0.1, 0.15) is 0 Å². The summed E-state index contributed by atoms with van der Waals surface area (Å²) in [5.41, 5.74) is 0. The highest BCUT2D eigenvalue weighted by Crippen LogP contribution is 2.26.